The zero-order valence-corrected chi connectivity index (χ0v) is 19.6. The minimum Gasteiger partial charge on any atom is -0.494 e. The Bertz CT molecular complexity index is 611. The molecule has 0 aromatic heterocycles. The first kappa shape index (κ1) is 24.1. The lowest BCUT2D eigenvalue weighted by atomic mass is 10.2. The monoisotopic (exact) mass is 520 g/mol. The normalized spacial score (nSPS) is 20.4. The Morgan fingerprint density at radius 3 is 2.69 bits per heavy atom. The van der Waals surface area contributed by atoms with Gasteiger partial charge in [0.05, 0.1) is 19.8 Å². The SMILES string of the molecule is CCNC(=NCCCCOc1ccc(F)cc1)N1CCC(N2CCOCC2)C1.I. The van der Waals surface area contributed by atoms with Crippen LogP contribution in [0.2, 0.25) is 0 Å². The van der Waals surface area contributed by atoms with E-state index in [-0.39, 0.29) is 29.8 Å². The van der Waals surface area contributed by atoms with Gasteiger partial charge in [-0.1, -0.05) is 0 Å². The molecule has 1 unspecified atom stereocenters. The van der Waals surface area contributed by atoms with Gasteiger partial charge in [-0.3, -0.25) is 9.89 Å². The fourth-order valence-electron chi connectivity index (χ4n) is 3.72. The van der Waals surface area contributed by atoms with Gasteiger partial charge in [0.15, 0.2) is 5.96 Å². The van der Waals surface area contributed by atoms with Crippen LogP contribution in [0.15, 0.2) is 29.3 Å². The van der Waals surface area contributed by atoms with Crippen molar-refractivity contribution in [2.24, 2.45) is 4.99 Å². The molecule has 8 heteroatoms. The third-order valence-electron chi connectivity index (χ3n) is 5.26. The second kappa shape index (κ2) is 13.2. The highest BCUT2D eigenvalue weighted by atomic mass is 127. The number of nitrogens with zero attached hydrogens (tertiary/aromatic N) is 3. The van der Waals surface area contributed by atoms with E-state index in [4.69, 9.17) is 14.5 Å². The summed E-state index contributed by atoms with van der Waals surface area (Å²) in [4.78, 5) is 9.76. The Balaban J connectivity index is 0.00000300. The van der Waals surface area contributed by atoms with Crippen LogP contribution < -0.4 is 10.1 Å². The van der Waals surface area contributed by atoms with Gasteiger partial charge < -0.3 is 19.7 Å². The Morgan fingerprint density at radius 1 is 1.21 bits per heavy atom. The van der Waals surface area contributed by atoms with E-state index >= 15 is 0 Å². The molecule has 1 aromatic carbocycles. The van der Waals surface area contributed by atoms with E-state index in [1.54, 1.807) is 12.1 Å². The molecule has 1 atom stereocenters. The maximum atomic E-state index is 12.9. The number of halogens is 2. The number of unbranched alkanes of at least 4 members (excludes halogenated alkanes) is 1. The van der Waals surface area contributed by atoms with E-state index in [1.165, 1.54) is 18.6 Å². The van der Waals surface area contributed by atoms with Crippen molar-refractivity contribution in [3.05, 3.63) is 30.1 Å². The zero-order valence-electron chi connectivity index (χ0n) is 17.3. The molecule has 0 aliphatic carbocycles. The molecule has 0 amide bonds. The lowest BCUT2D eigenvalue weighted by Crippen LogP contribution is -2.46. The molecular formula is C21H34FIN4O2. The van der Waals surface area contributed by atoms with Crippen LogP contribution in [0.25, 0.3) is 0 Å². The van der Waals surface area contributed by atoms with Crippen molar-refractivity contribution in [1.82, 2.24) is 15.1 Å². The number of morpholine rings is 1. The molecule has 2 aliphatic rings. The van der Waals surface area contributed by atoms with Crippen LogP contribution >= 0.6 is 24.0 Å². The highest BCUT2D eigenvalue weighted by Crippen LogP contribution is 2.17. The van der Waals surface area contributed by atoms with Crippen molar-refractivity contribution in [3.8, 4) is 5.75 Å². The predicted octanol–water partition coefficient (Wildman–Crippen LogP) is 2.97. The maximum absolute atomic E-state index is 12.9. The molecular weight excluding hydrogens is 486 g/mol. The van der Waals surface area contributed by atoms with Crippen LogP contribution in [0.3, 0.4) is 0 Å². The Kier molecular flexibility index (Phi) is 11.0. The standard InChI is InChI=1S/C21H33FN4O2.HI/c1-2-23-21(26-11-9-19(17-26)25-12-15-27-16-13-25)24-10-3-4-14-28-20-7-5-18(22)6-8-20;/h5-8,19H,2-4,9-17H2,1H3,(H,23,24);1H. The number of hydrogen-bond donors (Lipinski definition) is 1. The average Bonchev–Trinajstić information content (AvgIpc) is 3.22. The second-order valence-electron chi connectivity index (χ2n) is 7.28. The largest absolute Gasteiger partial charge is 0.494 e. The molecule has 3 rings (SSSR count). The summed E-state index contributed by atoms with van der Waals surface area (Å²) >= 11 is 0. The van der Waals surface area contributed by atoms with Crippen LogP contribution in [-0.2, 0) is 4.74 Å². The topological polar surface area (TPSA) is 49.3 Å². The van der Waals surface area contributed by atoms with Crippen molar-refractivity contribution in [2.75, 3.05) is 59.1 Å². The summed E-state index contributed by atoms with van der Waals surface area (Å²) in [5.74, 6) is 1.50. The quantitative estimate of drug-likeness (QED) is 0.247. The first-order valence-electron chi connectivity index (χ1n) is 10.5. The van der Waals surface area contributed by atoms with Gasteiger partial charge in [-0.2, -0.15) is 0 Å². The number of benzene rings is 1. The first-order chi connectivity index (χ1) is 13.8. The number of likely N-dealkylation sites (tertiary alicyclic amines) is 1. The van der Waals surface area contributed by atoms with Gasteiger partial charge in [-0.05, 0) is 50.5 Å². The number of nitrogens with one attached hydrogen (secondary N) is 1. The number of hydrogen-bond acceptors (Lipinski definition) is 4. The molecule has 0 bridgehead atoms. The summed E-state index contributed by atoms with van der Waals surface area (Å²) in [6.45, 7) is 10.3. The number of ether oxygens (including phenoxy) is 2. The number of aliphatic imine (C=N–C) groups is 1. The van der Waals surface area contributed by atoms with Crippen molar-refractivity contribution in [1.29, 1.82) is 0 Å². The van der Waals surface area contributed by atoms with Gasteiger partial charge in [-0.15, -0.1) is 24.0 Å². The van der Waals surface area contributed by atoms with Crippen LogP contribution in [0.1, 0.15) is 26.2 Å². The molecule has 2 aliphatic heterocycles. The van der Waals surface area contributed by atoms with Crippen molar-refractivity contribution >= 4 is 29.9 Å². The molecule has 0 saturated carbocycles. The smallest absolute Gasteiger partial charge is 0.193 e. The van der Waals surface area contributed by atoms with E-state index in [1.807, 2.05) is 0 Å². The molecule has 1 aromatic rings. The van der Waals surface area contributed by atoms with E-state index in [9.17, 15) is 4.39 Å². The van der Waals surface area contributed by atoms with Crippen molar-refractivity contribution in [3.63, 3.8) is 0 Å². The third-order valence-corrected chi connectivity index (χ3v) is 5.26. The predicted molar refractivity (Wildman–Crippen MR) is 125 cm³/mol. The van der Waals surface area contributed by atoms with Crippen LogP contribution in [0.4, 0.5) is 4.39 Å². The molecule has 1 N–H and O–H groups in total. The van der Waals surface area contributed by atoms with E-state index in [0.717, 1.165) is 71.3 Å². The fraction of sp³-hybridized carbons (Fsp3) is 0.667. The highest BCUT2D eigenvalue weighted by molar-refractivity contribution is 14.0. The van der Waals surface area contributed by atoms with Gasteiger partial charge in [-0.25, -0.2) is 4.39 Å². The molecule has 0 spiro atoms. The summed E-state index contributed by atoms with van der Waals surface area (Å²) in [5, 5.41) is 3.44. The minimum atomic E-state index is -0.240. The Morgan fingerprint density at radius 2 is 1.97 bits per heavy atom. The van der Waals surface area contributed by atoms with Crippen LogP contribution in [0.5, 0.6) is 5.75 Å². The van der Waals surface area contributed by atoms with Gasteiger partial charge in [0.2, 0.25) is 0 Å². The second-order valence-corrected chi connectivity index (χ2v) is 7.28. The van der Waals surface area contributed by atoms with Crippen LogP contribution in [0, 0.1) is 5.82 Å². The fourth-order valence-corrected chi connectivity index (χ4v) is 3.72. The lowest BCUT2D eigenvalue weighted by molar-refractivity contribution is 0.0195. The zero-order chi connectivity index (χ0) is 19.6. The van der Waals surface area contributed by atoms with Crippen molar-refractivity contribution in [2.45, 2.75) is 32.2 Å². The minimum absolute atomic E-state index is 0. The first-order valence-corrected chi connectivity index (χ1v) is 10.5. The number of rotatable bonds is 8. The average molecular weight is 520 g/mol. The molecule has 6 nitrogen and oxygen atoms in total. The summed E-state index contributed by atoms with van der Waals surface area (Å²) in [6, 6.07) is 6.77. The lowest BCUT2D eigenvalue weighted by Gasteiger charge is -2.32. The van der Waals surface area contributed by atoms with Gasteiger partial charge in [0.1, 0.15) is 11.6 Å². The van der Waals surface area contributed by atoms with E-state index in [0.29, 0.717) is 18.4 Å². The van der Waals surface area contributed by atoms with Gasteiger partial charge >= 0.3 is 0 Å². The van der Waals surface area contributed by atoms with Gasteiger partial charge in [0, 0.05) is 45.3 Å². The third kappa shape index (κ3) is 7.90. The Hall–Kier alpha value is -1.13. The molecule has 29 heavy (non-hydrogen) atoms. The maximum Gasteiger partial charge on any atom is 0.193 e. The van der Waals surface area contributed by atoms with E-state index < -0.39 is 0 Å². The summed E-state index contributed by atoms with van der Waals surface area (Å²) in [5.41, 5.74) is 0. The summed E-state index contributed by atoms with van der Waals surface area (Å²) < 4.78 is 24.0. The molecule has 2 fully saturated rings. The van der Waals surface area contributed by atoms with Gasteiger partial charge in [0.25, 0.3) is 0 Å². The molecule has 0 radical (unpaired) electrons. The van der Waals surface area contributed by atoms with Crippen molar-refractivity contribution < 1.29 is 13.9 Å². The highest BCUT2D eigenvalue weighted by Gasteiger charge is 2.30. The molecule has 2 saturated heterocycles. The summed E-state index contributed by atoms with van der Waals surface area (Å²) in [6.07, 6.45) is 3.09. The molecule has 164 valence electrons. The number of guanidine groups is 1. The van der Waals surface area contributed by atoms with E-state index in [2.05, 4.69) is 22.0 Å². The van der Waals surface area contributed by atoms with Crippen LogP contribution in [-0.4, -0.2) is 80.9 Å². The summed E-state index contributed by atoms with van der Waals surface area (Å²) in [7, 11) is 0. The Labute approximate surface area is 190 Å². The molecule has 2 heterocycles.